The molecule has 1 aromatic rings. The number of rotatable bonds is 6. The van der Waals surface area contributed by atoms with Gasteiger partial charge in [-0.3, -0.25) is 0 Å². The molecular formula is C12H21N5O. The molecule has 2 rings (SSSR count). The van der Waals surface area contributed by atoms with Crippen molar-refractivity contribution in [2.75, 3.05) is 24.3 Å². The predicted molar refractivity (Wildman–Crippen MR) is 71.0 cm³/mol. The Morgan fingerprint density at radius 1 is 1.22 bits per heavy atom. The number of hydrogen-bond donors (Lipinski definition) is 2. The number of anilines is 2. The van der Waals surface area contributed by atoms with Crippen molar-refractivity contribution in [3.63, 3.8) is 0 Å². The van der Waals surface area contributed by atoms with Gasteiger partial charge in [0.05, 0.1) is 7.11 Å². The second kappa shape index (κ2) is 4.96. The van der Waals surface area contributed by atoms with E-state index < -0.39 is 0 Å². The van der Waals surface area contributed by atoms with Crippen LogP contribution in [0.25, 0.3) is 0 Å². The maximum absolute atomic E-state index is 5.09. The van der Waals surface area contributed by atoms with Crippen LogP contribution >= 0.6 is 0 Å². The van der Waals surface area contributed by atoms with Gasteiger partial charge in [0.2, 0.25) is 11.9 Å². The number of methoxy groups -OCH3 is 1. The molecule has 18 heavy (non-hydrogen) atoms. The average molecular weight is 251 g/mol. The van der Waals surface area contributed by atoms with Crippen molar-refractivity contribution in [3.8, 4) is 6.01 Å². The van der Waals surface area contributed by atoms with Gasteiger partial charge in [-0.25, -0.2) is 0 Å². The third-order valence-corrected chi connectivity index (χ3v) is 3.16. The van der Waals surface area contributed by atoms with Crippen molar-refractivity contribution in [1.29, 1.82) is 0 Å². The lowest BCUT2D eigenvalue weighted by Gasteiger charge is -2.26. The highest BCUT2D eigenvalue weighted by atomic mass is 16.5. The van der Waals surface area contributed by atoms with Gasteiger partial charge in [-0.15, -0.1) is 0 Å². The summed E-state index contributed by atoms with van der Waals surface area (Å²) < 4.78 is 5.09. The van der Waals surface area contributed by atoms with E-state index in [2.05, 4.69) is 39.4 Å². The lowest BCUT2D eigenvalue weighted by molar-refractivity contribution is 0.378. The van der Waals surface area contributed by atoms with E-state index in [-0.39, 0.29) is 5.54 Å². The molecule has 0 aromatic carbocycles. The minimum atomic E-state index is 0.00977. The van der Waals surface area contributed by atoms with E-state index in [0.29, 0.717) is 23.8 Å². The molecular weight excluding hydrogens is 230 g/mol. The Morgan fingerprint density at radius 2 is 1.89 bits per heavy atom. The van der Waals surface area contributed by atoms with Crippen molar-refractivity contribution in [1.82, 2.24) is 15.0 Å². The standard InChI is InChI=1S/C12H21N5O/c1-5-13-9-14-10(16-11(15-9)18-4)17-12(2,3)8-6-7-8/h8H,5-7H2,1-4H3,(H2,13,14,15,16,17). The largest absolute Gasteiger partial charge is 0.467 e. The number of hydrogen-bond acceptors (Lipinski definition) is 6. The number of nitrogens with zero attached hydrogens (tertiary/aromatic N) is 3. The summed E-state index contributed by atoms with van der Waals surface area (Å²) in [5.74, 6) is 1.80. The highest BCUT2D eigenvalue weighted by Crippen LogP contribution is 2.40. The van der Waals surface area contributed by atoms with Crippen molar-refractivity contribution in [2.45, 2.75) is 39.2 Å². The summed E-state index contributed by atoms with van der Waals surface area (Å²) >= 11 is 0. The molecule has 6 nitrogen and oxygen atoms in total. The summed E-state index contributed by atoms with van der Waals surface area (Å²) in [5.41, 5.74) is 0.00977. The van der Waals surface area contributed by atoms with Crippen LogP contribution in [0, 0.1) is 5.92 Å². The van der Waals surface area contributed by atoms with Crippen LogP contribution in [0.15, 0.2) is 0 Å². The summed E-state index contributed by atoms with van der Waals surface area (Å²) in [6.45, 7) is 7.11. The van der Waals surface area contributed by atoms with Crippen molar-refractivity contribution < 1.29 is 4.74 Å². The fourth-order valence-electron chi connectivity index (χ4n) is 1.94. The van der Waals surface area contributed by atoms with Crippen LogP contribution < -0.4 is 15.4 Å². The minimum absolute atomic E-state index is 0.00977. The topological polar surface area (TPSA) is 72.0 Å². The molecule has 1 fully saturated rings. The maximum atomic E-state index is 5.09. The number of nitrogens with one attached hydrogen (secondary N) is 2. The first kappa shape index (κ1) is 12.9. The smallest absolute Gasteiger partial charge is 0.322 e. The average Bonchev–Trinajstić information content (AvgIpc) is 3.12. The fourth-order valence-corrected chi connectivity index (χ4v) is 1.94. The SMILES string of the molecule is CCNc1nc(NC(C)(C)C2CC2)nc(OC)n1. The first-order valence-electron chi connectivity index (χ1n) is 6.37. The Labute approximate surface area is 108 Å². The molecule has 1 saturated carbocycles. The first-order valence-corrected chi connectivity index (χ1v) is 6.37. The Morgan fingerprint density at radius 3 is 2.44 bits per heavy atom. The Balaban J connectivity index is 2.17. The second-order valence-corrected chi connectivity index (χ2v) is 5.12. The van der Waals surface area contributed by atoms with Gasteiger partial charge < -0.3 is 15.4 Å². The Bertz CT molecular complexity index is 417. The number of aromatic nitrogens is 3. The van der Waals surface area contributed by atoms with Crippen LogP contribution in [0.1, 0.15) is 33.6 Å². The van der Waals surface area contributed by atoms with Crippen LogP contribution in [-0.2, 0) is 0 Å². The van der Waals surface area contributed by atoms with Gasteiger partial charge >= 0.3 is 6.01 Å². The summed E-state index contributed by atoms with van der Waals surface area (Å²) in [6.07, 6.45) is 2.53. The van der Waals surface area contributed by atoms with E-state index in [0.717, 1.165) is 6.54 Å². The highest BCUT2D eigenvalue weighted by molar-refractivity contribution is 5.38. The normalized spacial score (nSPS) is 15.3. The summed E-state index contributed by atoms with van der Waals surface area (Å²) in [6, 6.07) is 0.329. The van der Waals surface area contributed by atoms with Crippen LogP contribution in [0.2, 0.25) is 0 Å². The second-order valence-electron chi connectivity index (χ2n) is 5.12. The minimum Gasteiger partial charge on any atom is -0.467 e. The molecule has 0 unspecified atom stereocenters. The van der Waals surface area contributed by atoms with Gasteiger partial charge in [-0.2, -0.15) is 15.0 Å². The molecule has 0 spiro atoms. The number of ether oxygens (including phenoxy) is 1. The van der Waals surface area contributed by atoms with E-state index in [1.165, 1.54) is 12.8 Å². The molecule has 6 heteroatoms. The van der Waals surface area contributed by atoms with Crippen molar-refractivity contribution in [3.05, 3.63) is 0 Å². The zero-order chi connectivity index (χ0) is 13.2. The predicted octanol–water partition coefficient (Wildman–Crippen LogP) is 1.91. The van der Waals surface area contributed by atoms with E-state index in [1.54, 1.807) is 7.11 Å². The zero-order valence-electron chi connectivity index (χ0n) is 11.4. The molecule has 1 heterocycles. The van der Waals surface area contributed by atoms with Crippen molar-refractivity contribution >= 4 is 11.9 Å². The highest BCUT2D eigenvalue weighted by Gasteiger charge is 2.38. The molecule has 0 radical (unpaired) electrons. The van der Waals surface area contributed by atoms with E-state index in [9.17, 15) is 0 Å². The third kappa shape index (κ3) is 3.00. The molecule has 0 saturated heterocycles. The molecule has 2 N–H and O–H groups in total. The van der Waals surface area contributed by atoms with E-state index in [4.69, 9.17) is 4.74 Å². The van der Waals surface area contributed by atoms with Crippen molar-refractivity contribution in [2.24, 2.45) is 5.92 Å². The molecule has 0 atom stereocenters. The van der Waals surface area contributed by atoms with E-state index in [1.807, 2.05) is 6.92 Å². The zero-order valence-corrected chi connectivity index (χ0v) is 11.4. The van der Waals surface area contributed by atoms with E-state index >= 15 is 0 Å². The van der Waals surface area contributed by atoms with Gasteiger partial charge in [0, 0.05) is 12.1 Å². The molecule has 100 valence electrons. The molecule has 1 aromatic heterocycles. The monoisotopic (exact) mass is 251 g/mol. The molecule has 1 aliphatic rings. The maximum Gasteiger partial charge on any atom is 0.322 e. The van der Waals surface area contributed by atoms with Gasteiger partial charge in [0.1, 0.15) is 0 Å². The third-order valence-electron chi connectivity index (χ3n) is 3.16. The summed E-state index contributed by atoms with van der Waals surface area (Å²) in [4.78, 5) is 12.7. The lowest BCUT2D eigenvalue weighted by atomic mass is 9.99. The molecule has 0 aliphatic heterocycles. The summed E-state index contributed by atoms with van der Waals surface area (Å²) in [7, 11) is 1.56. The first-order chi connectivity index (χ1) is 8.55. The van der Waals surface area contributed by atoms with Gasteiger partial charge in [-0.1, -0.05) is 0 Å². The lowest BCUT2D eigenvalue weighted by Crippen LogP contribution is -2.34. The molecule has 0 amide bonds. The Kier molecular flexibility index (Phi) is 3.54. The van der Waals surface area contributed by atoms with Crippen LogP contribution in [0.4, 0.5) is 11.9 Å². The van der Waals surface area contributed by atoms with Crippen LogP contribution in [-0.4, -0.2) is 34.1 Å². The van der Waals surface area contributed by atoms with Gasteiger partial charge in [0.15, 0.2) is 0 Å². The van der Waals surface area contributed by atoms with Crippen LogP contribution in [0.5, 0.6) is 6.01 Å². The Hall–Kier alpha value is -1.59. The fraction of sp³-hybridized carbons (Fsp3) is 0.750. The molecule has 0 bridgehead atoms. The van der Waals surface area contributed by atoms with Crippen LogP contribution in [0.3, 0.4) is 0 Å². The molecule has 1 aliphatic carbocycles. The quantitative estimate of drug-likeness (QED) is 0.804. The van der Waals surface area contributed by atoms with Gasteiger partial charge in [0.25, 0.3) is 0 Å². The van der Waals surface area contributed by atoms with Gasteiger partial charge in [-0.05, 0) is 39.5 Å². The summed E-state index contributed by atoms with van der Waals surface area (Å²) in [5, 5.41) is 6.44.